The predicted octanol–water partition coefficient (Wildman–Crippen LogP) is 5.29. The molecule has 29 heavy (non-hydrogen) atoms. The number of pyridine rings is 2. The van der Waals surface area contributed by atoms with Crippen LogP contribution in [-0.4, -0.2) is 33.2 Å². The lowest BCUT2D eigenvalue weighted by Gasteiger charge is -2.17. The van der Waals surface area contributed by atoms with Crippen molar-refractivity contribution in [3.05, 3.63) is 53.6 Å². The van der Waals surface area contributed by atoms with Gasteiger partial charge in [-0.1, -0.05) is 11.2 Å². The number of oxime groups is 1. The highest BCUT2D eigenvalue weighted by Crippen LogP contribution is 2.35. The summed E-state index contributed by atoms with van der Waals surface area (Å²) >= 11 is 1.55. The summed E-state index contributed by atoms with van der Waals surface area (Å²) in [6.45, 7) is 2.02. The lowest BCUT2D eigenvalue weighted by Crippen LogP contribution is -2.19. The second-order valence-corrected chi connectivity index (χ2v) is 8.11. The van der Waals surface area contributed by atoms with Crippen molar-refractivity contribution >= 4 is 17.0 Å². The van der Waals surface area contributed by atoms with Crippen molar-refractivity contribution in [2.24, 2.45) is 5.16 Å². The maximum Gasteiger partial charge on any atom is 0.281 e. The van der Waals surface area contributed by atoms with Crippen LogP contribution >= 0.6 is 11.3 Å². The highest BCUT2D eigenvalue weighted by atomic mass is 32.1. The van der Waals surface area contributed by atoms with Gasteiger partial charge in [-0.3, -0.25) is 4.98 Å². The number of alkyl halides is 2. The van der Waals surface area contributed by atoms with E-state index in [4.69, 9.17) is 9.82 Å². The van der Waals surface area contributed by atoms with Crippen LogP contribution in [0, 0.1) is 6.92 Å². The topological polar surface area (TPSA) is 60.3 Å². The summed E-state index contributed by atoms with van der Waals surface area (Å²) in [6.07, 6.45) is 5.94. The highest BCUT2D eigenvalue weighted by Gasteiger charge is 2.24. The second-order valence-electron chi connectivity index (χ2n) is 7.11. The molecule has 0 bridgehead atoms. The minimum Gasteiger partial charge on any atom is -0.389 e. The van der Waals surface area contributed by atoms with E-state index >= 15 is 0 Å². The average Bonchev–Trinajstić information content (AvgIpc) is 3.09. The lowest BCUT2D eigenvalue weighted by atomic mass is 9.94. The summed E-state index contributed by atoms with van der Waals surface area (Å²) in [6, 6.07) is 7.87. The molecule has 0 spiro atoms. The molecular formula is C21H20F2N4OS. The van der Waals surface area contributed by atoms with Gasteiger partial charge in [0.2, 0.25) is 0 Å². The molecule has 0 saturated carbocycles. The third-order valence-electron chi connectivity index (χ3n) is 4.54. The van der Waals surface area contributed by atoms with Crippen LogP contribution in [0.1, 0.15) is 36.7 Å². The van der Waals surface area contributed by atoms with E-state index < -0.39 is 12.5 Å². The first-order valence-corrected chi connectivity index (χ1v) is 10.2. The molecule has 3 aromatic rings. The third-order valence-corrected chi connectivity index (χ3v) is 5.77. The molecule has 8 heteroatoms. The second kappa shape index (κ2) is 7.94. The number of aryl methyl sites for hydroxylation is 2. The third kappa shape index (κ3) is 4.48. The Morgan fingerprint density at radius 1 is 1.21 bits per heavy atom. The summed E-state index contributed by atoms with van der Waals surface area (Å²) in [5.74, 6) is -2.92. The molecule has 0 atom stereocenters. The van der Waals surface area contributed by atoms with E-state index in [0.717, 1.165) is 57.9 Å². The van der Waals surface area contributed by atoms with Gasteiger partial charge in [-0.2, -0.15) is 0 Å². The summed E-state index contributed by atoms with van der Waals surface area (Å²) in [5, 5.41) is 4.86. The number of rotatable bonds is 5. The van der Waals surface area contributed by atoms with Crippen molar-refractivity contribution in [1.82, 2.24) is 15.0 Å². The van der Waals surface area contributed by atoms with E-state index in [9.17, 15) is 8.78 Å². The number of thiazole rings is 1. The van der Waals surface area contributed by atoms with Gasteiger partial charge in [0.1, 0.15) is 10.7 Å². The van der Waals surface area contributed by atoms with Crippen LogP contribution in [0.3, 0.4) is 0 Å². The summed E-state index contributed by atoms with van der Waals surface area (Å²) in [4.78, 5) is 19.5. The Balaban J connectivity index is 1.67. The number of hydrogen-bond donors (Lipinski definition) is 0. The van der Waals surface area contributed by atoms with Crippen LogP contribution < -0.4 is 0 Å². The summed E-state index contributed by atoms with van der Waals surface area (Å²) in [5.41, 5.74) is 5.04. The zero-order chi connectivity index (χ0) is 20.4. The lowest BCUT2D eigenvalue weighted by molar-refractivity contribution is -0.0614. The van der Waals surface area contributed by atoms with E-state index in [-0.39, 0.29) is 0 Å². The van der Waals surface area contributed by atoms with Gasteiger partial charge in [0.05, 0.1) is 22.0 Å². The molecule has 4 rings (SSSR count). The van der Waals surface area contributed by atoms with Crippen molar-refractivity contribution in [2.75, 3.05) is 6.61 Å². The molecule has 0 aliphatic heterocycles. The van der Waals surface area contributed by atoms with Crippen molar-refractivity contribution < 1.29 is 13.6 Å². The molecule has 0 N–H and O–H groups in total. The Kier molecular flexibility index (Phi) is 5.36. The average molecular weight is 414 g/mol. The number of aromatic nitrogens is 3. The van der Waals surface area contributed by atoms with E-state index in [0.29, 0.717) is 12.1 Å². The largest absolute Gasteiger partial charge is 0.389 e. The number of halogens is 2. The first-order valence-electron chi connectivity index (χ1n) is 9.36. The standard InChI is InChI=1S/C21H20F2N4OS/c1-13-19(29-20(25-13)15-6-4-10-24-11-15)17-9-8-14-5-3-7-16(18(14)26-17)27-28-12-21(2,22)23/h4,6,8-11H,3,5,7,12H2,1-2H3/b27-16+. The maximum atomic E-state index is 13.0. The molecule has 3 aromatic heterocycles. The van der Waals surface area contributed by atoms with Gasteiger partial charge in [0.15, 0.2) is 6.61 Å². The molecule has 5 nitrogen and oxygen atoms in total. The molecule has 0 aromatic carbocycles. The van der Waals surface area contributed by atoms with Gasteiger partial charge in [-0.25, -0.2) is 18.7 Å². The van der Waals surface area contributed by atoms with Crippen molar-refractivity contribution in [3.8, 4) is 21.1 Å². The monoisotopic (exact) mass is 414 g/mol. The van der Waals surface area contributed by atoms with Crippen LogP contribution in [0.2, 0.25) is 0 Å². The molecule has 0 fully saturated rings. The van der Waals surface area contributed by atoms with Crippen LogP contribution in [0.5, 0.6) is 0 Å². The van der Waals surface area contributed by atoms with Gasteiger partial charge in [0, 0.05) is 24.9 Å². The van der Waals surface area contributed by atoms with Crippen molar-refractivity contribution in [2.45, 2.75) is 39.0 Å². The van der Waals surface area contributed by atoms with E-state index in [1.165, 1.54) is 0 Å². The van der Waals surface area contributed by atoms with E-state index in [1.54, 1.807) is 23.7 Å². The quantitative estimate of drug-likeness (QED) is 0.533. The molecule has 3 heterocycles. The maximum absolute atomic E-state index is 13.0. The first kappa shape index (κ1) is 19.6. The number of fused-ring (bicyclic) bond motifs is 1. The Hall–Kier alpha value is -2.74. The minimum absolute atomic E-state index is 0.618. The molecule has 1 aliphatic rings. The SMILES string of the molecule is Cc1nc(-c2cccnc2)sc1-c1ccc2c(n1)/C(=N/OCC(C)(F)F)CCC2. The zero-order valence-corrected chi connectivity index (χ0v) is 17.0. The Morgan fingerprint density at radius 3 is 2.83 bits per heavy atom. The van der Waals surface area contributed by atoms with Gasteiger partial charge < -0.3 is 4.84 Å². The van der Waals surface area contributed by atoms with Gasteiger partial charge in [-0.05, 0) is 49.9 Å². The predicted molar refractivity (Wildman–Crippen MR) is 109 cm³/mol. The number of hydrogen-bond acceptors (Lipinski definition) is 6. The molecule has 0 radical (unpaired) electrons. The smallest absolute Gasteiger partial charge is 0.281 e. The summed E-state index contributed by atoms with van der Waals surface area (Å²) < 4.78 is 26.0. The molecule has 0 saturated heterocycles. The number of nitrogens with zero attached hydrogens (tertiary/aromatic N) is 4. The minimum atomic E-state index is -2.92. The van der Waals surface area contributed by atoms with E-state index in [2.05, 4.69) is 15.1 Å². The van der Waals surface area contributed by atoms with Crippen LogP contribution in [0.25, 0.3) is 21.1 Å². The van der Waals surface area contributed by atoms with Gasteiger partial charge in [0.25, 0.3) is 5.92 Å². The Labute approximate surface area is 171 Å². The fraction of sp³-hybridized carbons (Fsp3) is 0.333. The van der Waals surface area contributed by atoms with Crippen LogP contribution in [0.15, 0.2) is 41.8 Å². The molecular weight excluding hydrogens is 394 g/mol. The van der Waals surface area contributed by atoms with Crippen molar-refractivity contribution in [1.29, 1.82) is 0 Å². The zero-order valence-electron chi connectivity index (χ0n) is 16.2. The first-order chi connectivity index (χ1) is 13.9. The van der Waals surface area contributed by atoms with Gasteiger partial charge in [-0.15, -0.1) is 11.3 Å². The molecule has 150 valence electrons. The van der Waals surface area contributed by atoms with Gasteiger partial charge >= 0.3 is 0 Å². The molecule has 0 unspecified atom stereocenters. The fourth-order valence-electron chi connectivity index (χ4n) is 3.19. The highest BCUT2D eigenvalue weighted by molar-refractivity contribution is 7.18. The van der Waals surface area contributed by atoms with Crippen LogP contribution in [0.4, 0.5) is 8.78 Å². The normalized spacial score (nSPS) is 15.4. The Morgan fingerprint density at radius 2 is 2.07 bits per heavy atom. The molecule has 0 amide bonds. The van der Waals surface area contributed by atoms with E-state index in [1.807, 2.05) is 31.2 Å². The molecule has 1 aliphatic carbocycles. The Bertz CT molecular complexity index is 1040. The van der Waals surface area contributed by atoms with Crippen LogP contribution in [-0.2, 0) is 11.3 Å². The fourth-order valence-corrected chi connectivity index (χ4v) is 4.22. The summed E-state index contributed by atoms with van der Waals surface area (Å²) in [7, 11) is 0. The van der Waals surface area contributed by atoms with Crippen molar-refractivity contribution in [3.63, 3.8) is 0 Å².